The Morgan fingerprint density at radius 2 is 2.05 bits per heavy atom. The average Bonchev–Trinajstić information content (AvgIpc) is 2.95. The van der Waals surface area contributed by atoms with Gasteiger partial charge in [-0.15, -0.1) is 0 Å². The van der Waals surface area contributed by atoms with Crippen molar-refractivity contribution < 1.29 is 4.74 Å². The molecule has 1 aliphatic rings. The van der Waals surface area contributed by atoms with Crippen LogP contribution >= 0.6 is 0 Å². The molecule has 2 heterocycles. The van der Waals surface area contributed by atoms with Crippen LogP contribution in [-0.2, 0) is 0 Å². The maximum Gasteiger partial charge on any atom is 0.258 e. The van der Waals surface area contributed by atoms with Gasteiger partial charge in [-0.1, -0.05) is 12.1 Å². The highest BCUT2D eigenvalue weighted by Crippen LogP contribution is 2.30. The lowest BCUT2D eigenvalue weighted by Gasteiger charge is -2.20. The van der Waals surface area contributed by atoms with E-state index in [1.165, 1.54) is 0 Å². The van der Waals surface area contributed by atoms with Crippen LogP contribution in [0.15, 0.2) is 24.3 Å². The number of anilines is 1. The second kappa shape index (κ2) is 5.63. The summed E-state index contributed by atoms with van der Waals surface area (Å²) in [7, 11) is 0. The van der Waals surface area contributed by atoms with E-state index in [1.54, 1.807) is 0 Å². The lowest BCUT2D eigenvalue weighted by molar-refractivity contribution is 0.327. The van der Waals surface area contributed by atoms with E-state index in [-0.39, 0.29) is 0 Å². The average molecular weight is 272 g/mol. The highest BCUT2D eigenvalue weighted by Gasteiger charge is 2.25. The van der Waals surface area contributed by atoms with Crippen molar-refractivity contribution in [3.05, 3.63) is 24.3 Å². The van der Waals surface area contributed by atoms with Crippen molar-refractivity contribution in [1.29, 1.82) is 0 Å². The molecule has 1 aliphatic heterocycles. The number of nitrogens with zero attached hydrogens (tertiary/aromatic N) is 3. The van der Waals surface area contributed by atoms with E-state index in [4.69, 9.17) is 15.5 Å². The van der Waals surface area contributed by atoms with Gasteiger partial charge in [-0.05, 0) is 37.9 Å². The number of hydrogen-bond donors (Lipinski definition) is 1. The molecule has 1 atom stereocenters. The zero-order chi connectivity index (χ0) is 13.9. The van der Waals surface area contributed by atoms with E-state index >= 15 is 0 Å². The Morgan fingerprint density at radius 3 is 2.70 bits per heavy atom. The molecule has 1 saturated heterocycles. The third kappa shape index (κ3) is 2.41. The topological polar surface area (TPSA) is 64.3 Å². The summed E-state index contributed by atoms with van der Waals surface area (Å²) in [6.45, 7) is 5.18. The van der Waals surface area contributed by atoms with Crippen LogP contribution in [0.5, 0.6) is 5.88 Å². The molecular formula is C15H20N4O. The summed E-state index contributed by atoms with van der Waals surface area (Å²) in [5.74, 6) is 2.02. The van der Waals surface area contributed by atoms with Gasteiger partial charge in [0.15, 0.2) is 5.82 Å². The Hall–Kier alpha value is -1.88. The normalized spacial score (nSPS) is 18.7. The fourth-order valence-corrected chi connectivity index (χ4v) is 2.63. The highest BCUT2D eigenvalue weighted by molar-refractivity contribution is 5.77. The van der Waals surface area contributed by atoms with E-state index < -0.39 is 0 Å². The molecule has 5 heteroatoms. The molecule has 0 radical (unpaired) electrons. The van der Waals surface area contributed by atoms with Crippen molar-refractivity contribution in [2.45, 2.75) is 13.3 Å². The van der Waals surface area contributed by atoms with E-state index in [0.717, 1.165) is 42.9 Å². The summed E-state index contributed by atoms with van der Waals surface area (Å²) < 4.78 is 5.68. The van der Waals surface area contributed by atoms with Gasteiger partial charge in [0.25, 0.3) is 5.88 Å². The van der Waals surface area contributed by atoms with Gasteiger partial charge in [0, 0.05) is 13.1 Å². The minimum Gasteiger partial charge on any atom is -0.475 e. The summed E-state index contributed by atoms with van der Waals surface area (Å²) in [5, 5.41) is 0. The molecule has 2 N–H and O–H groups in total. The Kier molecular flexibility index (Phi) is 3.69. The number of hydrogen-bond acceptors (Lipinski definition) is 5. The predicted octanol–water partition coefficient (Wildman–Crippen LogP) is 1.81. The fourth-order valence-electron chi connectivity index (χ4n) is 2.63. The van der Waals surface area contributed by atoms with Crippen molar-refractivity contribution >= 4 is 16.9 Å². The Morgan fingerprint density at radius 1 is 1.30 bits per heavy atom. The van der Waals surface area contributed by atoms with E-state index in [2.05, 4.69) is 9.88 Å². The monoisotopic (exact) mass is 272 g/mol. The molecule has 3 rings (SSSR count). The first-order valence-corrected chi connectivity index (χ1v) is 7.16. The van der Waals surface area contributed by atoms with Crippen molar-refractivity contribution in [3.8, 4) is 5.88 Å². The second-order valence-corrected chi connectivity index (χ2v) is 5.11. The van der Waals surface area contributed by atoms with Crippen LogP contribution in [0.2, 0.25) is 0 Å². The van der Waals surface area contributed by atoms with E-state index in [1.807, 2.05) is 31.2 Å². The Balaban J connectivity index is 2.01. The van der Waals surface area contributed by atoms with Crippen LogP contribution in [0.1, 0.15) is 13.3 Å². The SMILES string of the molecule is CCOc1nc2ccccc2nc1N1CC[C@H](CN)C1. The van der Waals surface area contributed by atoms with Crippen LogP contribution in [0.4, 0.5) is 5.82 Å². The minimum absolute atomic E-state index is 0.540. The first kappa shape index (κ1) is 13.1. The molecule has 106 valence electrons. The lowest BCUT2D eigenvalue weighted by atomic mass is 10.1. The third-order valence-corrected chi connectivity index (χ3v) is 3.72. The Bertz CT molecular complexity index is 601. The van der Waals surface area contributed by atoms with E-state index in [9.17, 15) is 0 Å². The standard InChI is InChI=1S/C15H20N4O/c1-2-20-15-14(19-8-7-11(9-16)10-19)17-12-5-3-4-6-13(12)18-15/h3-6,11H,2,7-10,16H2,1H3/t11-/m1/s1. The van der Waals surface area contributed by atoms with Crippen molar-refractivity contribution in [1.82, 2.24) is 9.97 Å². The molecule has 0 aliphatic carbocycles. The number of aromatic nitrogens is 2. The van der Waals surface area contributed by atoms with Gasteiger partial charge in [-0.25, -0.2) is 9.97 Å². The predicted molar refractivity (Wildman–Crippen MR) is 80.1 cm³/mol. The van der Waals surface area contributed by atoms with Gasteiger partial charge in [-0.2, -0.15) is 0 Å². The molecule has 0 saturated carbocycles. The molecule has 0 amide bonds. The van der Waals surface area contributed by atoms with Crippen molar-refractivity contribution in [2.75, 3.05) is 31.1 Å². The number of nitrogens with two attached hydrogens (primary N) is 1. The lowest BCUT2D eigenvalue weighted by Crippen LogP contribution is -2.24. The smallest absolute Gasteiger partial charge is 0.258 e. The zero-order valence-corrected chi connectivity index (χ0v) is 11.7. The zero-order valence-electron chi connectivity index (χ0n) is 11.7. The molecule has 1 fully saturated rings. The molecule has 2 aromatic rings. The molecule has 20 heavy (non-hydrogen) atoms. The van der Waals surface area contributed by atoms with Gasteiger partial charge in [0.1, 0.15) is 0 Å². The van der Waals surface area contributed by atoms with Gasteiger partial charge in [0.05, 0.1) is 17.6 Å². The number of para-hydroxylation sites is 2. The molecule has 0 spiro atoms. The largest absolute Gasteiger partial charge is 0.475 e. The summed E-state index contributed by atoms with van der Waals surface area (Å²) in [5.41, 5.74) is 7.54. The summed E-state index contributed by atoms with van der Waals surface area (Å²) in [6, 6.07) is 7.89. The minimum atomic E-state index is 0.540. The fraction of sp³-hybridized carbons (Fsp3) is 0.467. The van der Waals surface area contributed by atoms with Gasteiger partial charge < -0.3 is 15.4 Å². The number of rotatable bonds is 4. The highest BCUT2D eigenvalue weighted by atomic mass is 16.5. The third-order valence-electron chi connectivity index (χ3n) is 3.72. The molecule has 0 unspecified atom stereocenters. The van der Waals surface area contributed by atoms with Crippen molar-refractivity contribution in [3.63, 3.8) is 0 Å². The molecule has 1 aromatic carbocycles. The van der Waals surface area contributed by atoms with Crippen LogP contribution in [0.25, 0.3) is 11.0 Å². The van der Waals surface area contributed by atoms with E-state index in [0.29, 0.717) is 18.4 Å². The first-order chi connectivity index (χ1) is 9.81. The number of ether oxygens (including phenoxy) is 1. The molecule has 1 aromatic heterocycles. The maximum atomic E-state index is 5.77. The maximum absolute atomic E-state index is 5.77. The van der Waals surface area contributed by atoms with Crippen LogP contribution in [0.3, 0.4) is 0 Å². The first-order valence-electron chi connectivity index (χ1n) is 7.16. The second-order valence-electron chi connectivity index (χ2n) is 5.11. The number of fused-ring (bicyclic) bond motifs is 1. The summed E-state index contributed by atoms with van der Waals surface area (Å²) >= 11 is 0. The van der Waals surface area contributed by atoms with Gasteiger partial charge >= 0.3 is 0 Å². The van der Waals surface area contributed by atoms with Crippen LogP contribution < -0.4 is 15.4 Å². The van der Waals surface area contributed by atoms with Crippen LogP contribution in [-0.4, -0.2) is 36.2 Å². The summed E-state index contributed by atoms with van der Waals surface area (Å²) in [6.07, 6.45) is 1.11. The van der Waals surface area contributed by atoms with Gasteiger partial charge in [-0.3, -0.25) is 0 Å². The van der Waals surface area contributed by atoms with Gasteiger partial charge in [0.2, 0.25) is 0 Å². The quantitative estimate of drug-likeness (QED) is 0.919. The van der Waals surface area contributed by atoms with Crippen molar-refractivity contribution in [2.24, 2.45) is 11.7 Å². The molecular weight excluding hydrogens is 252 g/mol. The number of benzene rings is 1. The summed E-state index contributed by atoms with van der Waals surface area (Å²) in [4.78, 5) is 11.6. The van der Waals surface area contributed by atoms with Crippen LogP contribution in [0, 0.1) is 5.92 Å². The molecule has 5 nitrogen and oxygen atoms in total. The Labute approximate surface area is 118 Å². The molecule has 0 bridgehead atoms.